The number of aromatic amines is 1. The summed E-state index contributed by atoms with van der Waals surface area (Å²) in [7, 11) is 0. The third-order valence-electron chi connectivity index (χ3n) is 6.13. The summed E-state index contributed by atoms with van der Waals surface area (Å²) in [6, 6.07) is 5.94. The molecule has 1 unspecified atom stereocenters. The molecule has 0 aliphatic carbocycles. The van der Waals surface area contributed by atoms with Gasteiger partial charge in [-0.15, -0.1) is 0 Å². The first-order valence-electron chi connectivity index (χ1n) is 10.5. The third kappa shape index (κ3) is 3.68. The Morgan fingerprint density at radius 3 is 2.69 bits per heavy atom. The number of carbonyl (C=O) groups is 1. The number of H-pyrrole nitrogens is 1. The number of halogens is 3. The number of aromatic nitrogens is 6. The first-order valence-corrected chi connectivity index (χ1v) is 10.5. The van der Waals surface area contributed by atoms with Crippen LogP contribution in [0.15, 0.2) is 49.3 Å². The van der Waals surface area contributed by atoms with Gasteiger partial charge in [-0.1, -0.05) is 6.07 Å². The first kappa shape index (κ1) is 22.5. The maximum absolute atomic E-state index is 14.0. The molecule has 4 aromatic rings. The first-order chi connectivity index (χ1) is 16.7. The molecule has 10 nitrogen and oxygen atoms in total. The Balaban J connectivity index is 1.40. The molecule has 0 aromatic carbocycles. The van der Waals surface area contributed by atoms with Crippen molar-refractivity contribution in [2.75, 3.05) is 13.1 Å². The zero-order valence-corrected chi connectivity index (χ0v) is 17.9. The van der Waals surface area contributed by atoms with Gasteiger partial charge in [-0.2, -0.15) is 23.5 Å². The highest BCUT2D eigenvalue weighted by Crippen LogP contribution is 2.47. The Kier molecular flexibility index (Phi) is 5.25. The van der Waals surface area contributed by atoms with Crippen molar-refractivity contribution >= 4 is 17.1 Å². The normalized spacial score (nSPS) is 16.0. The third-order valence-corrected chi connectivity index (χ3v) is 6.13. The summed E-state index contributed by atoms with van der Waals surface area (Å²) in [4.78, 5) is 28.3. The summed E-state index contributed by atoms with van der Waals surface area (Å²) in [6.45, 7) is -0.621. The highest BCUT2D eigenvalue weighted by Gasteiger charge is 2.62. The number of fused-ring (bicyclic) bond motifs is 1. The van der Waals surface area contributed by atoms with Gasteiger partial charge >= 0.3 is 6.18 Å². The Morgan fingerprint density at radius 2 is 2.00 bits per heavy atom. The second kappa shape index (κ2) is 8.17. The second-order valence-corrected chi connectivity index (χ2v) is 8.13. The van der Waals surface area contributed by atoms with E-state index in [1.807, 2.05) is 0 Å². The molecule has 5 rings (SSSR count). The van der Waals surface area contributed by atoms with Gasteiger partial charge in [0.15, 0.2) is 17.1 Å². The summed E-state index contributed by atoms with van der Waals surface area (Å²) in [6.07, 6.45) is 1.91. The summed E-state index contributed by atoms with van der Waals surface area (Å²) in [5, 5.41) is 23.6. The summed E-state index contributed by atoms with van der Waals surface area (Å²) >= 11 is 0. The molecule has 1 saturated heterocycles. The minimum absolute atomic E-state index is 0.249. The van der Waals surface area contributed by atoms with Crippen molar-refractivity contribution in [1.82, 2.24) is 34.6 Å². The number of nitrogens with zero attached hydrogens (tertiary/aromatic N) is 7. The van der Waals surface area contributed by atoms with Gasteiger partial charge in [0.1, 0.15) is 6.42 Å². The van der Waals surface area contributed by atoms with E-state index in [0.717, 1.165) is 28.3 Å². The van der Waals surface area contributed by atoms with E-state index < -0.39 is 35.6 Å². The van der Waals surface area contributed by atoms with Crippen LogP contribution in [0.1, 0.15) is 12.0 Å². The second-order valence-electron chi connectivity index (χ2n) is 8.13. The number of aliphatic hydroxyl groups is 1. The molecule has 0 saturated carbocycles. The number of hydrogen-bond donors (Lipinski definition) is 2. The van der Waals surface area contributed by atoms with E-state index in [9.17, 15) is 23.1 Å². The minimum Gasteiger partial charge on any atom is -0.376 e. The molecule has 0 spiro atoms. The van der Waals surface area contributed by atoms with E-state index in [1.165, 1.54) is 17.1 Å². The van der Waals surface area contributed by atoms with Crippen LogP contribution < -0.4 is 0 Å². The Bertz CT molecular complexity index is 1430. The van der Waals surface area contributed by atoms with Gasteiger partial charge in [0.25, 0.3) is 0 Å². The smallest absolute Gasteiger partial charge is 0.376 e. The molecule has 1 aliphatic rings. The Morgan fingerprint density at radius 1 is 1.20 bits per heavy atom. The van der Waals surface area contributed by atoms with Crippen molar-refractivity contribution in [2.45, 2.75) is 18.2 Å². The van der Waals surface area contributed by atoms with Crippen LogP contribution in [-0.4, -0.2) is 64.9 Å². The zero-order valence-electron chi connectivity index (χ0n) is 17.9. The monoisotopic (exact) mass is 482 g/mol. The topological polar surface area (TPSA) is 137 Å². The molecule has 1 fully saturated rings. The minimum atomic E-state index is -5.00. The molecule has 13 heteroatoms. The number of pyridine rings is 2. The van der Waals surface area contributed by atoms with Crippen molar-refractivity contribution in [2.24, 2.45) is 5.92 Å². The van der Waals surface area contributed by atoms with E-state index >= 15 is 0 Å². The maximum atomic E-state index is 14.0. The summed E-state index contributed by atoms with van der Waals surface area (Å²) in [5.41, 5.74) is -0.869. The van der Waals surface area contributed by atoms with Crippen molar-refractivity contribution < 1.29 is 23.1 Å². The molecule has 2 N–H and O–H groups in total. The van der Waals surface area contributed by atoms with Crippen LogP contribution in [0.25, 0.3) is 28.1 Å². The van der Waals surface area contributed by atoms with Gasteiger partial charge in [-0.05, 0) is 12.1 Å². The quantitative estimate of drug-likeness (QED) is 0.445. The fourth-order valence-electron chi connectivity index (χ4n) is 4.18. The molecule has 0 bridgehead atoms. The van der Waals surface area contributed by atoms with Gasteiger partial charge in [-0.25, -0.2) is 19.6 Å². The number of amides is 1. The number of likely N-dealkylation sites (tertiary alicyclic amines) is 1. The molecule has 5 heterocycles. The molecule has 1 amide bonds. The van der Waals surface area contributed by atoms with Gasteiger partial charge < -0.3 is 15.0 Å². The lowest BCUT2D eigenvalue weighted by molar-refractivity contribution is -0.299. The number of alkyl halides is 3. The molecule has 35 heavy (non-hydrogen) atoms. The molecule has 178 valence electrons. The number of rotatable bonds is 5. The van der Waals surface area contributed by atoms with Gasteiger partial charge in [0.05, 0.1) is 24.1 Å². The number of nitrogens with one attached hydrogen (secondary N) is 1. The molecule has 0 radical (unpaired) electrons. The van der Waals surface area contributed by atoms with Crippen molar-refractivity contribution in [3.05, 3.63) is 54.9 Å². The maximum Gasteiger partial charge on any atom is 0.421 e. The zero-order chi connectivity index (χ0) is 24.8. The van der Waals surface area contributed by atoms with E-state index in [1.54, 1.807) is 30.7 Å². The molecular formula is C22H17F3N8O2. The summed E-state index contributed by atoms with van der Waals surface area (Å²) < 4.78 is 43.4. The lowest BCUT2D eigenvalue weighted by atomic mass is 9.76. The average molecular weight is 482 g/mol. The van der Waals surface area contributed by atoms with Gasteiger partial charge in [-0.3, -0.25) is 4.79 Å². The molecule has 1 atom stereocenters. The molecule has 4 aromatic heterocycles. The fraction of sp³-hybridized carbons (Fsp3) is 0.273. The van der Waals surface area contributed by atoms with Crippen molar-refractivity contribution in [1.29, 1.82) is 5.26 Å². The Labute approximate surface area is 195 Å². The van der Waals surface area contributed by atoms with Crippen LogP contribution in [0.4, 0.5) is 13.2 Å². The predicted octanol–water partition coefficient (Wildman–Crippen LogP) is 2.33. The number of hydrogen-bond acceptors (Lipinski definition) is 7. The standard InChI is InChI=1S/C22H17F3N8O2/c23-22(24,25)21(35,15-10-32(11-15)18(34)3-5-26)14-1-2-17(28-8-14)33-9-13(7-31-33)16-4-6-27-20-19(16)29-12-30-20/h1-2,4,6-9,12,15,35H,3,10-11H2,(H,27,29,30). The number of imidazole rings is 1. The predicted molar refractivity (Wildman–Crippen MR) is 114 cm³/mol. The van der Waals surface area contributed by atoms with E-state index in [4.69, 9.17) is 5.26 Å². The molecular weight excluding hydrogens is 465 g/mol. The van der Waals surface area contributed by atoms with E-state index in [0.29, 0.717) is 11.2 Å². The largest absolute Gasteiger partial charge is 0.421 e. The van der Waals surface area contributed by atoms with Gasteiger partial charge in [0.2, 0.25) is 5.91 Å². The van der Waals surface area contributed by atoms with Crippen LogP contribution in [-0.2, 0) is 10.4 Å². The average Bonchev–Trinajstić information content (AvgIpc) is 3.47. The lowest BCUT2D eigenvalue weighted by Gasteiger charge is -2.48. The van der Waals surface area contributed by atoms with E-state index in [2.05, 4.69) is 25.0 Å². The van der Waals surface area contributed by atoms with Crippen molar-refractivity contribution in [3.8, 4) is 23.0 Å². The van der Waals surface area contributed by atoms with Crippen LogP contribution >= 0.6 is 0 Å². The van der Waals surface area contributed by atoms with Crippen LogP contribution in [0, 0.1) is 17.2 Å². The van der Waals surface area contributed by atoms with Crippen LogP contribution in [0.3, 0.4) is 0 Å². The summed E-state index contributed by atoms with van der Waals surface area (Å²) in [5.74, 6) is -1.60. The van der Waals surface area contributed by atoms with E-state index in [-0.39, 0.29) is 18.9 Å². The number of carbonyl (C=O) groups excluding carboxylic acids is 1. The highest BCUT2D eigenvalue weighted by molar-refractivity contribution is 5.88. The van der Waals surface area contributed by atoms with Crippen LogP contribution in [0.2, 0.25) is 0 Å². The van der Waals surface area contributed by atoms with Gasteiger partial charge in [0, 0.05) is 54.3 Å². The lowest BCUT2D eigenvalue weighted by Crippen LogP contribution is -2.63. The SMILES string of the molecule is N#CCC(=O)N1CC(C(O)(c2ccc(-n3cc(-c4ccnc5nc[nH]c45)cn3)nc2)C(F)(F)F)C1. The number of nitriles is 1. The molecule has 1 aliphatic heterocycles. The van der Waals surface area contributed by atoms with Crippen LogP contribution in [0.5, 0.6) is 0 Å². The fourth-order valence-corrected chi connectivity index (χ4v) is 4.18. The Hall–Kier alpha value is -4.31. The highest BCUT2D eigenvalue weighted by atomic mass is 19.4. The van der Waals surface area contributed by atoms with Crippen molar-refractivity contribution in [3.63, 3.8) is 0 Å².